The van der Waals surface area contributed by atoms with Gasteiger partial charge in [0, 0.05) is 11.8 Å². The Kier molecular flexibility index (Phi) is 6.92. The summed E-state index contributed by atoms with van der Waals surface area (Å²) in [6.07, 6.45) is 0. The second kappa shape index (κ2) is 10.1. The van der Waals surface area contributed by atoms with Crippen LogP contribution >= 0.6 is 0 Å². The number of methoxy groups -OCH3 is 1. The number of hydrogen-bond acceptors (Lipinski definition) is 5. The van der Waals surface area contributed by atoms with Gasteiger partial charge in [-0.15, -0.1) is 0 Å². The smallest absolute Gasteiger partial charge is 0.300 e. The summed E-state index contributed by atoms with van der Waals surface area (Å²) in [5.41, 5.74) is 2.72. The van der Waals surface area contributed by atoms with Gasteiger partial charge in [-0.3, -0.25) is 14.5 Å². The van der Waals surface area contributed by atoms with E-state index in [0.717, 1.165) is 5.56 Å². The highest BCUT2D eigenvalue weighted by Gasteiger charge is 2.47. The van der Waals surface area contributed by atoms with Crippen LogP contribution in [0.25, 0.3) is 5.76 Å². The first kappa shape index (κ1) is 24.1. The second-order valence-electron chi connectivity index (χ2n) is 8.62. The molecule has 6 heteroatoms. The summed E-state index contributed by atoms with van der Waals surface area (Å²) in [5.74, 6) is -0.427. The fourth-order valence-corrected chi connectivity index (χ4v) is 4.35. The van der Waals surface area contributed by atoms with Crippen LogP contribution in [0.1, 0.15) is 49.4 Å². The van der Waals surface area contributed by atoms with Gasteiger partial charge >= 0.3 is 0 Å². The lowest BCUT2D eigenvalue weighted by molar-refractivity contribution is -0.132. The minimum absolute atomic E-state index is 0.0126. The van der Waals surface area contributed by atoms with Crippen LogP contribution in [0, 0.1) is 0 Å². The molecule has 1 unspecified atom stereocenters. The number of nitrogens with zero attached hydrogens (tertiary/aromatic N) is 1. The Bertz CT molecular complexity index is 1280. The van der Waals surface area contributed by atoms with Crippen LogP contribution in [0.3, 0.4) is 0 Å². The summed E-state index contributed by atoms with van der Waals surface area (Å²) >= 11 is 0. The van der Waals surface area contributed by atoms with Crippen molar-refractivity contribution in [2.24, 2.45) is 0 Å². The maximum Gasteiger partial charge on any atom is 0.300 e. The molecule has 1 atom stereocenters. The molecule has 1 aliphatic heterocycles. The molecule has 1 N–H and O–H groups in total. The molecular weight excluding hydrogens is 442 g/mol. The third-order valence-electron chi connectivity index (χ3n) is 6.13. The molecule has 180 valence electrons. The van der Waals surface area contributed by atoms with Gasteiger partial charge in [-0.1, -0.05) is 56.3 Å². The number of anilines is 1. The lowest BCUT2D eigenvalue weighted by Gasteiger charge is -2.26. The average Bonchev–Trinajstić information content (AvgIpc) is 3.14. The van der Waals surface area contributed by atoms with E-state index in [-0.39, 0.29) is 11.3 Å². The molecule has 1 aliphatic rings. The van der Waals surface area contributed by atoms with Crippen molar-refractivity contribution in [2.75, 3.05) is 18.6 Å². The molecular formula is C29H29NO5. The maximum atomic E-state index is 13.4. The Morgan fingerprint density at radius 2 is 1.71 bits per heavy atom. The molecule has 0 spiro atoms. The number of carbonyl (C=O) groups is 2. The summed E-state index contributed by atoms with van der Waals surface area (Å²) in [4.78, 5) is 28.2. The summed E-state index contributed by atoms with van der Waals surface area (Å²) in [6.45, 7) is 6.54. The van der Waals surface area contributed by atoms with Crippen LogP contribution < -0.4 is 14.4 Å². The zero-order valence-corrected chi connectivity index (χ0v) is 20.3. The number of aliphatic hydroxyl groups excluding tert-OH is 1. The van der Waals surface area contributed by atoms with Gasteiger partial charge in [0.25, 0.3) is 11.7 Å². The standard InChI is InChI=1S/C29H29NO5/c1-5-35-22-10-8-9-21(17-22)30-26(20-15-13-19(14-16-20)18(2)3)25(28(32)29(30)33)27(31)23-11-6-7-12-24(23)34-4/h6-18,26,31H,5H2,1-4H3/b27-25+. The highest BCUT2D eigenvalue weighted by atomic mass is 16.5. The highest BCUT2D eigenvalue weighted by molar-refractivity contribution is 6.51. The van der Waals surface area contributed by atoms with E-state index in [2.05, 4.69) is 13.8 Å². The van der Waals surface area contributed by atoms with Gasteiger partial charge in [-0.25, -0.2) is 0 Å². The lowest BCUT2D eigenvalue weighted by atomic mass is 9.93. The van der Waals surface area contributed by atoms with Crippen LogP contribution in [0.4, 0.5) is 5.69 Å². The topological polar surface area (TPSA) is 76.1 Å². The number of aliphatic hydroxyl groups is 1. The molecule has 3 aromatic rings. The van der Waals surface area contributed by atoms with Crippen LogP contribution in [0.15, 0.2) is 78.4 Å². The van der Waals surface area contributed by atoms with E-state index in [0.29, 0.717) is 40.8 Å². The van der Waals surface area contributed by atoms with Gasteiger partial charge in [0.15, 0.2) is 0 Å². The van der Waals surface area contributed by atoms with Gasteiger partial charge in [0.1, 0.15) is 17.3 Å². The molecule has 1 saturated heterocycles. The maximum absolute atomic E-state index is 13.4. The number of hydrogen-bond donors (Lipinski definition) is 1. The van der Waals surface area contributed by atoms with E-state index in [1.165, 1.54) is 12.0 Å². The third kappa shape index (κ3) is 4.52. The number of Topliss-reactive ketones (excluding diaryl/α,β-unsaturated/α-hetero) is 1. The minimum atomic E-state index is -0.821. The Labute approximate surface area is 205 Å². The molecule has 0 saturated carbocycles. The fourth-order valence-electron chi connectivity index (χ4n) is 4.35. The first-order valence-electron chi connectivity index (χ1n) is 11.6. The minimum Gasteiger partial charge on any atom is -0.507 e. The quantitative estimate of drug-likeness (QED) is 0.266. The molecule has 3 aromatic carbocycles. The van der Waals surface area contributed by atoms with Crippen molar-refractivity contribution >= 4 is 23.1 Å². The van der Waals surface area contributed by atoms with E-state index in [1.54, 1.807) is 48.5 Å². The van der Waals surface area contributed by atoms with Crippen molar-refractivity contribution in [2.45, 2.75) is 32.7 Å². The largest absolute Gasteiger partial charge is 0.507 e. The van der Waals surface area contributed by atoms with Crippen molar-refractivity contribution in [1.82, 2.24) is 0 Å². The molecule has 1 heterocycles. The third-order valence-corrected chi connectivity index (χ3v) is 6.13. The SMILES string of the molecule is CCOc1cccc(N2C(=O)C(=O)/C(=C(/O)c3ccccc3OC)C2c2ccc(C(C)C)cc2)c1. The highest BCUT2D eigenvalue weighted by Crippen LogP contribution is 2.44. The molecule has 6 nitrogen and oxygen atoms in total. The zero-order valence-electron chi connectivity index (χ0n) is 20.3. The number of carbonyl (C=O) groups excluding carboxylic acids is 2. The Hall–Kier alpha value is -4.06. The number of rotatable bonds is 7. The Balaban J connectivity index is 1.94. The lowest BCUT2D eigenvalue weighted by Crippen LogP contribution is -2.29. The van der Waals surface area contributed by atoms with Gasteiger partial charge < -0.3 is 14.6 Å². The molecule has 0 aliphatic carbocycles. The van der Waals surface area contributed by atoms with Gasteiger partial charge in [-0.05, 0) is 48.2 Å². The zero-order chi connectivity index (χ0) is 25.1. The van der Waals surface area contributed by atoms with Crippen molar-refractivity contribution in [3.05, 3.63) is 95.1 Å². The summed E-state index contributed by atoms with van der Waals surface area (Å²) in [6, 6.07) is 20.9. The first-order chi connectivity index (χ1) is 16.9. The van der Waals surface area contributed by atoms with E-state index in [4.69, 9.17) is 9.47 Å². The Morgan fingerprint density at radius 1 is 1.00 bits per heavy atom. The molecule has 1 amide bonds. The van der Waals surface area contributed by atoms with Crippen molar-refractivity contribution in [3.8, 4) is 11.5 Å². The molecule has 35 heavy (non-hydrogen) atoms. The number of benzene rings is 3. The molecule has 0 bridgehead atoms. The van der Waals surface area contributed by atoms with Gasteiger partial charge in [-0.2, -0.15) is 0 Å². The Morgan fingerprint density at radius 3 is 2.37 bits per heavy atom. The molecule has 4 rings (SSSR count). The predicted octanol–water partition coefficient (Wildman–Crippen LogP) is 5.84. The van der Waals surface area contributed by atoms with Crippen molar-refractivity contribution in [3.63, 3.8) is 0 Å². The normalized spacial score (nSPS) is 17.2. The van der Waals surface area contributed by atoms with Crippen LogP contribution in [-0.4, -0.2) is 30.5 Å². The van der Waals surface area contributed by atoms with E-state index < -0.39 is 17.7 Å². The van der Waals surface area contributed by atoms with Gasteiger partial charge in [0.2, 0.25) is 0 Å². The number of ketones is 1. The summed E-state index contributed by atoms with van der Waals surface area (Å²) in [5, 5.41) is 11.4. The number of para-hydroxylation sites is 1. The van der Waals surface area contributed by atoms with E-state index in [1.807, 2.05) is 31.2 Å². The number of amides is 1. The summed E-state index contributed by atoms with van der Waals surface area (Å²) in [7, 11) is 1.49. The monoisotopic (exact) mass is 471 g/mol. The van der Waals surface area contributed by atoms with E-state index >= 15 is 0 Å². The average molecular weight is 472 g/mol. The van der Waals surface area contributed by atoms with Gasteiger partial charge in [0.05, 0.1) is 30.9 Å². The van der Waals surface area contributed by atoms with Crippen molar-refractivity contribution in [1.29, 1.82) is 0 Å². The molecule has 0 aromatic heterocycles. The molecule has 0 radical (unpaired) electrons. The summed E-state index contributed by atoms with van der Waals surface area (Å²) < 4.78 is 11.0. The van der Waals surface area contributed by atoms with Crippen LogP contribution in [-0.2, 0) is 9.59 Å². The van der Waals surface area contributed by atoms with Crippen LogP contribution in [0.5, 0.6) is 11.5 Å². The van der Waals surface area contributed by atoms with Crippen LogP contribution in [0.2, 0.25) is 0 Å². The first-order valence-corrected chi connectivity index (χ1v) is 11.6. The van der Waals surface area contributed by atoms with Crippen molar-refractivity contribution < 1.29 is 24.2 Å². The van der Waals surface area contributed by atoms with E-state index in [9.17, 15) is 14.7 Å². The predicted molar refractivity (Wildman–Crippen MR) is 136 cm³/mol. The fraction of sp³-hybridized carbons (Fsp3) is 0.241. The second-order valence-corrected chi connectivity index (χ2v) is 8.62. The number of ether oxygens (including phenoxy) is 2. The molecule has 1 fully saturated rings.